The molecule has 0 bridgehead atoms. The first-order chi connectivity index (χ1) is 7.15. The summed E-state index contributed by atoms with van der Waals surface area (Å²) in [4.78, 5) is 10.7. The van der Waals surface area contributed by atoms with Crippen LogP contribution in [0.2, 0.25) is 0 Å². The van der Waals surface area contributed by atoms with E-state index in [9.17, 15) is 4.79 Å². The van der Waals surface area contributed by atoms with E-state index in [1.807, 2.05) is 18.2 Å². The van der Waals surface area contributed by atoms with Crippen molar-refractivity contribution in [2.45, 2.75) is 0 Å². The van der Waals surface area contributed by atoms with Gasteiger partial charge in [-0.2, -0.15) is 10.4 Å². The predicted octanol–water partition coefficient (Wildman–Crippen LogP) is 0.488. The van der Waals surface area contributed by atoms with Crippen LogP contribution in [0.25, 0.3) is 0 Å². The van der Waals surface area contributed by atoms with Crippen molar-refractivity contribution in [2.24, 2.45) is 10.8 Å². The van der Waals surface area contributed by atoms with Crippen molar-refractivity contribution in [3.63, 3.8) is 0 Å². The minimum atomic E-state index is -0.833. The van der Waals surface area contributed by atoms with Crippen molar-refractivity contribution >= 4 is 17.3 Å². The number of carbonyl (C=O) groups excluding carboxylic acids is 1. The molecule has 0 aliphatic carbocycles. The van der Waals surface area contributed by atoms with Crippen LogP contribution in [0.5, 0.6) is 0 Å². The van der Waals surface area contributed by atoms with Gasteiger partial charge in [-0.15, -0.1) is 0 Å². The van der Waals surface area contributed by atoms with Gasteiger partial charge in [0.2, 0.25) is 5.71 Å². The van der Waals surface area contributed by atoms with Crippen LogP contribution in [0.15, 0.2) is 35.4 Å². The van der Waals surface area contributed by atoms with Gasteiger partial charge in [-0.3, -0.25) is 9.80 Å². The molecule has 0 atom stereocenters. The number of primary amides is 1. The van der Waals surface area contributed by atoms with E-state index in [0.29, 0.717) is 0 Å². The zero-order valence-electron chi connectivity index (χ0n) is 8.21. The Bertz CT molecular complexity index is 419. The number of nitrogens with zero attached hydrogens (tertiary/aromatic N) is 3. The maximum atomic E-state index is 10.7. The third-order valence-corrected chi connectivity index (χ3v) is 1.72. The number of nitrogens with two attached hydrogens (primary N) is 1. The van der Waals surface area contributed by atoms with Crippen LogP contribution in [-0.2, 0) is 4.79 Å². The first-order valence-electron chi connectivity index (χ1n) is 4.22. The number of hydrazone groups is 1. The van der Waals surface area contributed by atoms with Gasteiger partial charge < -0.3 is 5.73 Å². The van der Waals surface area contributed by atoms with E-state index >= 15 is 0 Å². The zero-order chi connectivity index (χ0) is 11.3. The second-order valence-electron chi connectivity index (χ2n) is 2.78. The lowest BCUT2D eigenvalue weighted by atomic mass is 10.3. The van der Waals surface area contributed by atoms with E-state index in [1.54, 1.807) is 25.2 Å². The van der Waals surface area contributed by atoms with Crippen molar-refractivity contribution in [1.29, 1.82) is 5.26 Å². The second kappa shape index (κ2) is 4.77. The van der Waals surface area contributed by atoms with Gasteiger partial charge in [-0.25, -0.2) is 0 Å². The second-order valence-corrected chi connectivity index (χ2v) is 2.78. The Labute approximate surface area is 87.4 Å². The van der Waals surface area contributed by atoms with E-state index in [4.69, 9.17) is 11.0 Å². The Morgan fingerprint density at radius 3 is 2.53 bits per heavy atom. The summed E-state index contributed by atoms with van der Waals surface area (Å²) in [6.45, 7) is 0. The molecular formula is C10H10N4O. The molecule has 0 spiro atoms. The van der Waals surface area contributed by atoms with Crippen LogP contribution >= 0.6 is 0 Å². The smallest absolute Gasteiger partial charge is 0.280 e. The van der Waals surface area contributed by atoms with Crippen molar-refractivity contribution in [1.82, 2.24) is 0 Å². The summed E-state index contributed by atoms with van der Waals surface area (Å²) in [6.07, 6.45) is 0. The third-order valence-electron chi connectivity index (χ3n) is 1.72. The van der Waals surface area contributed by atoms with Crippen molar-refractivity contribution in [2.75, 3.05) is 12.1 Å². The standard InChI is InChI=1S/C10H10N4O/c1-14(8-5-3-2-4-6-8)13-9(7-11)10(12)15/h2-6H,1H3,(H2,12,15)/b13-9+. The summed E-state index contributed by atoms with van der Waals surface area (Å²) >= 11 is 0. The van der Waals surface area contributed by atoms with Crippen molar-refractivity contribution in [3.8, 4) is 6.07 Å². The Morgan fingerprint density at radius 1 is 1.47 bits per heavy atom. The van der Waals surface area contributed by atoms with Crippen LogP contribution in [0.3, 0.4) is 0 Å². The van der Waals surface area contributed by atoms with Crippen LogP contribution in [0.1, 0.15) is 0 Å². The minimum Gasteiger partial charge on any atom is -0.364 e. The van der Waals surface area contributed by atoms with Crippen LogP contribution < -0.4 is 10.7 Å². The van der Waals surface area contributed by atoms with Gasteiger partial charge in [0.1, 0.15) is 6.07 Å². The fraction of sp³-hybridized carbons (Fsp3) is 0.100. The molecule has 1 aromatic carbocycles. The number of hydrogen-bond donors (Lipinski definition) is 1. The lowest BCUT2D eigenvalue weighted by molar-refractivity contribution is -0.111. The molecule has 0 aliphatic heterocycles. The number of hydrogen-bond acceptors (Lipinski definition) is 4. The van der Waals surface area contributed by atoms with E-state index in [-0.39, 0.29) is 5.71 Å². The van der Waals surface area contributed by atoms with Gasteiger partial charge in [-0.05, 0) is 12.1 Å². The highest BCUT2D eigenvalue weighted by Gasteiger charge is 2.07. The summed E-state index contributed by atoms with van der Waals surface area (Å²) in [5.74, 6) is -0.833. The number of carbonyl (C=O) groups is 1. The molecule has 1 amide bonds. The first kappa shape index (κ1) is 10.7. The molecule has 76 valence electrons. The number of benzene rings is 1. The molecule has 1 rings (SSSR count). The fourth-order valence-electron chi connectivity index (χ4n) is 0.978. The molecule has 0 saturated heterocycles. The average Bonchev–Trinajstić information content (AvgIpc) is 2.26. The maximum Gasteiger partial charge on any atom is 0.280 e. The Kier molecular flexibility index (Phi) is 3.41. The Hall–Kier alpha value is -2.35. The highest BCUT2D eigenvalue weighted by atomic mass is 16.1. The summed E-state index contributed by atoms with van der Waals surface area (Å²) in [7, 11) is 1.63. The van der Waals surface area contributed by atoms with Gasteiger partial charge in [0, 0.05) is 7.05 Å². The van der Waals surface area contributed by atoms with Gasteiger partial charge in [0.25, 0.3) is 5.91 Å². The number of anilines is 1. The highest BCUT2D eigenvalue weighted by Crippen LogP contribution is 2.10. The molecule has 5 nitrogen and oxygen atoms in total. The third kappa shape index (κ3) is 2.81. The molecule has 15 heavy (non-hydrogen) atoms. The maximum absolute atomic E-state index is 10.7. The molecule has 0 radical (unpaired) electrons. The number of nitriles is 1. The SMILES string of the molecule is CN(/N=C(\C#N)C(N)=O)c1ccccc1. The summed E-state index contributed by atoms with van der Waals surface area (Å²) < 4.78 is 0. The normalized spacial score (nSPS) is 10.5. The molecule has 5 heteroatoms. The van der Waals surface area contributed by atoms with Gasteiger partial charge in [0.15, 0.2) is 0 Å². The van der Waals surface area contributed by atoms with Crippen LogP contribution in [0, 0.1) is 11.3 Å². The molecule has 1 aromatic rings. The molecule has 0 unspecified atom stereocenters. The van der Waals surface area contributed by atoms with E-state index < -0.39 is 5.91 Å². The first-order valence-corrected chi connectivity index (χ1v) is 4.22. The Morgan fingerprint density at radius 2 is 2.07 bits per heavy atom. The number of amides is 1. The Balaban J connectivity index is 2.93. The average molecular weight is 202 g/mol. The molecule has 0 aromatic heterocycles. The molecule has 0 aliphatic rings. The lowest BCUT2D eigenvalue weighted by Gasteiger charge is -2.12. The monoisotopic (exact) mass is 202 g/mol. The van der Waals surface area contributed by atoms with E-state index in [1.165, 1.54) is 5.01 Å². The topological polar surface area (TPSA) is 82.5 Å². The summed E-state index contributed by atoms with van der Waals surface area (Å²) in [5.41, 5.74) is 5.41. The molecule has 2 N–H and O–H groups in total. The summed E-state index contributed by atoms with van der Waals surface area (Å²) in [6, 6.07) is 10.8. The number of para-hydroxylation sites is 1. The largest absolute Gasteiger partial charge is 0.364 e. The van der Waals surface area contributed by atoms with Gasteiger partial charge in [0.05, 0.1) is 5.69 Å². The minimum absolute atomic E-state index is 0.318. The lowest BCUT2D eigenvalue weighted by Crippen LogP contribution is -2.25. The molecule has 0 saturated carbocycles. The van der Waals surface area contributed by atoms with Crippen molar-refractivity contribution in [3.05, 3.63) is 30.3 Å². The van der Waals surface area contributed by atoms with Gasteiger partial charge >= 0.3 is 0 Å². The zero-order valence-corrected chi connectivity index (χ0v) is 8.21. The van der Waals surface area contributed by atoms with E-state index in [0.717, 1.165) is 5.69 Å². The summed E-state index contributed by atoms with van der Waals surface area (Å²) in [5, 5.41) is 13.8. The van der Waals surface area contributed by atoms with Gasteiger partial charge in [-0.1, -0.05) is 18.2 Å². The number of rotatable bonds is 3. The van der Waals surface area contributed by atoms with Crippen LogP contribution in [-0.4, -0.2) is 18.7 Å². The quantitative estimate of drug-likeness (QED) is 0.572. The molecule has 0 fully saturated rings. The van der Waals surface area contributed by atoms with Crippen LogP contribution in [0.4, 0.5) is 5.69 Å². The van der Waals surface area contributed by atoms with Crippen molar-refractivity contribution < 1.29 is 4.79 Å². The fourth-order valence-corrected chi connectivity index (χ4v) is 0.978. The molecule has 0 heterocycles. The predicted molar refractivity (Wildman–Crippen MR) is 57.1 cm³/mol. The molecular weight excluding hydrogens is 192 g/mol. The van der Waals surface area contributed by atoms with E-state index in [2.05, 4.69) is 5.10 Å². The highest BCUT2D eigenvalue weighted by molar-refractivity contribution is 6.44.